The Bertz CT molecular complexity index is 59.8. The predicted molar refractivity (Wildman–Crippen MR) is 34.7 cm³/mol. The molecule has 0 saturated carbocycles. The van der Waals surface area contributed by atoms with Crippen molar-refractivity contribution in [1.82, 2.24) is 5.32 Å². The van der Waals surface area contributed by atoms with E-state index < -0.39 is 0 Å². The monoisotopic (exact) mass is 199 g/mol. The molecule has 0 radical (unpaired) electrons. The molecule has 0 aromatic rings. The number of guanidine groups is 1. The van der Waals surface area contributed by atoms with Crippen LogP contribution in [0.1, 0.15) is 0 Å². The predicted octanol–water partition coefficient (Wildman–Crippen LogP) is -0.129. The third-order valence-electron chi connectivity index (χ3n) is 0.347. The Morgan fingerprint density at radius 2 is 2.50 bits per heavy atom. The molecule has 0 unspecified atom stereocenters. The highest BCUT2D eigenvalue weighted by molar-refractivity contribution is 14.1. The first-order valence-corrected chi connectivity index (χ1v) is 2.40. The molecule has 0 aliphatic heterocycles. The average molecular weight is 199 g/mol. The van der Waals surface area contributed by atoms with Gasteiger partial charge in [-0.3, -0.25) is 0 Å². The van der Waals surface area contributed by atoms with Crippen LogP contribution in [0.5, 0.6) is 0 Å². The van der Waals surface area contributed by atoms with Crippen LogP contribution in [-0.4, -0.2) is 13.0 Å². The second-order valence-corrected chi connectivity index (χ2v) is 1.20. The van der Waals surface area contributed by atoms with E-state index in [9.17, 15) is 0 Å². The molecule has 3 nitrogen and oxygen atoms in total. The van der Waals surface area contributed by atoms with Crippen molar-refractivity contribution in [3.05, 3.63) is 0 Å². The summed E-state index contributed by atoms with van der Waals surface area (Å²) in [6.45, 7) is 0. The van der Waals surface area contributed by atoms with Gasteiger partial charge in [0, 0.05) is 7.05 Å². The minimum Gasteiger partial charge on any atom is -0.369 e. The van der Waals surface area contributed by atoms with Gasteiger partial charge in [-0.1, -0.05) is 0 Å². The van der Waals surface area contributed by atoms with Crippen molar-refractivity contribution in [2.75, 3.05) is 7.05 Å². The van der Waals surface area contributed by atoms with E-state index in [4.69, 9.17) is 5.73 Å². The first-order chi connectivity index (χ1) is 2.81. The fourth-order valence-electron chi connectivity index (χ4n) is 0.0423. The third-order valence-corrected chi connectivity index (χ3v) is 0.867. The summed E-state index contributed by atoms with van der Waals surface area (Å²) in [4.78, 5) is 0. The molecule has 0 heterocycles. The zero-order chi connectivity index (χ0) is 4.99. The molecule has 0 aliphatic rings. The van der Waals surface area contributed by atoms with Crippen molar-refractivity contribution in [3.63, 3.8) is 0 Å². The number of hydrogen-bond donors (Lipinski definition) is 2. The molecule has 0 aromatic heterocycles. The number of nitrogens with two attached hydrogens (primary N) is 1. The maximum Gasteiger partial charge on any atom is 0.198 e. The average Bonchev–Trinajstić information content (AvgIpc) is 1.65. The second kappa shape index (κ2) is 3.20. The Morgan fingerprint density at radius 1 is 2.00 bits per heavy atom. The highest BCUT2D eigenvalue weighted by Gasteiger charge is 1.73. The van der Waals surface area contributed by atoms with Crippen LogP contribution in [0.3, 0.4) is 0 Å². The van der Waals surface area contributed by atoms with Crippen LogP contribution < -0.4 is 11.1 Å². The van der Waals surface area contributed by atoms with Crippen LogP contribution in [0.4, 0.5) is 0 Å². The Labute approximate surface area is 50.5 Å². The molecule has 6 heavy (non-hydrogen) atoms. The molecule has 4 heteroatoms. The van der Waals surface area contributed by atoms with Crippen LogP contribution in [-0.2, 0) is 0 Å². The summed E-state index contributed by atoms with van der Waals surface area (Å²) in [5.41, 5.74) is 5.10. The van der Waals surface area contributed by atoms with Gasteiger partial charge in [-0.15, -0.1) is 0 Å². The highest BCUT2D eigenvalue weighted by Crippen LogP contribution is 1.76. The number of rotatable bonds is 0. The summed E-state index contributed by atoms with van der Waals surface area (Å²) in [5, 5.41) is 2.63. The number of hydrogen-bond acceptors (Lipinski definition) is 1. The normalized spacial score (nSPS) is 11.3. The molecule has 0 aliphatic carbocycles. The Hall–Kier alpha value is 0. The highest BCUT2D eigenvalue weighted by atomic mass is 127. The zero-order valence-electron chi connectivity index (χ0n) is 3.40. The van der Waals surface area contributed by atoms with Crippen molar-refractivity contribution < 1.29 is 0 Å². The summed E-state index contributed by atoms with van der Waals surface area (Å²) >= 11 is 1.81. The Balaban J connectivity index is 3.22. The maximum atomic E-state index is 5.10. The molecule has 0 saturated heterocycles. The van der Waals surface area contributed by atoms with Gasteiger partial charge in [0.1, 0.15) is 0 Å². The fraction of sp³-hybridized carbons (Fsp3) is 0.500. The minimum atomic E-state index is 0.454. The molecule has 3 N–H and O–H groups in total. The molecule has 36 valence electrons. The molecular formula is C2H6IN3. The van der Waals surface area contributed by atoms with Gasteiger partial charge in [-0.25, -0.2) is 0 Å². The van der Waals surface area contributed by atoms with Crippen molar-refractivity contribution >= 4 is 28.8 Å². The minimum absolute atomic E-state index is 0.454. The van der Waals surface area contributed by atoms with Crippen molar-refractivity contribution in [2.45, 2.75) is 0 Å². The van der Waals surface area contributed by atoms with Gasteiger partial charge in [0.15, 0.2) is 5.96 Å². The molecule has 0 aromatic carbocycles. The fourth-order valence-corrected chi connectivity index (χ4v) is 0.283. The SMILES string of the molecule is CN/C(N)=N\I. The lowest BCUT2D eigenvalue weighted by molar-refractivity contribution is 1.15. The quantitative estimate of drug-likeness (QED) is 0.324. The van der Waals surface area contributed by atoms with E-state index in [1.54, 1.807) is 7.05 Å². The van der Waals surface area contributed by atoms with Gasteiger partial charge in [0.05, 0.1) is 22.9 Å². The van der Waals surface area contributed by atoms with Gasteiger partial charge in [0.2, 0.25) is 0 Å². The van der Waals surface area contributed by atoms with Gasteiger partial charge < -0.3 is 11.1 Å². The van der Waals surface area contributed by atoms with E-state index in [1.807, 2.05) is 22.9 Å². The summed E-state index contributed by atoms with van der Waals surface area (Å²) in [6.07, 6.45) is 0. The van der Waals surface area contributed by atoms with Gasteiger partial charge in [-0.2, -0.15) is 3.21 Å². The van der Waals surface area contributed by atoms with E-state index in [0.717, 1.165) is 0 Å². The third kappa shape index (κ3) is 2.25. The van der Waals surface area contributed by atoms with Crippen LogP contribution in [0.25, 0.3) is 0 Å². The van der Waals surface area contributed by atoms with E-state index in [-0.39, 0.29) is 0 Å². The van der Waals surface area contributed by atoms with Crippen LogP contribution in [0.2, 0.25) is 0 Å². The summed E-state index contributed by atoms with van der Waals surface area (Å²) in [6, 6.07) is 0. The van der Waals surface area contributed by atoms with E-state index in [2.05, 4.69) is 8.52 Å². The molecule has 0 rings (SSSR count). The van der Waals surface area contributed by atoms with Gasteiger partial charge >= 0.3 is 0 Å². The van der Waals surface area contributed by atoms with E-state index in [1.165, 1.54) is 0 Å². The second-order valence-electron chi connectivity index (χ2n) is 0.720. The Morgan fingerprint density at radius 3 is 2.50 bits per heavy atom. The number of nitrogens with one attached hydrogen (secondary N) is 1. The maximum absolute atomic E-state index is 5.10. The van der Waals surface area contributed by atoms with Crippen molar-refractivity contribution in [3.8, 4) is 0 Å². The lowest BCUT2D eigenvalue weighted by Crippen LogP contribution is -2.26. The molecule has 0 fully saturated rings. The van der Waals surface area contributed by atoms with Crippen LogP contribution in [0, 0.1) is 0 Å². The standard InChI is InChI=1S/C2H6IN3/c1-5-2(4)6-3/h1H3,(H3,4,5,6). The first-order valence-electron chi connectivity index (χ1n) is 1.43. The number of nitrogens with zero attached hydrogens (tertiary/aromatic N) is 1. The number of halogens is 1. The zero-order valence-corrected chi connectivity index (χ0v) is 5.56. The van der Waals surface area contributed by atoms with E-state index in [0.29, 0.717) is 5.96 Å². The van der Waals surface area contributed by atoms with Gasteiger partial charge in [0.25, 0.3) is 0 Å². The molecule has 0 atom stereocenters. The van der Waals surface area contributed by atoms with Gasteiger partial charge in [-0.05, 0) is 0 Å². The largest absolute Gasteiger partial charge is 0.369 e. The molecule has 0 amide bonds. The lowest BCUT2D eigenvalue weighted by Gasteiger charge is -1.88. The summed E-state index contributed by atoms with van der Waals surface area (Å²) < 4.78 is 3.56. The van der Waals surface area contributed by atoms with Crippen molar-refractivity contribution in [1.29, 1.82) is 0 Å². The Kier molecular flexibility index (Phi) is 3.20. The molecular weight excluding hydrogens is 193 g/mol. The first kappa shape index (κ1) is 6.00. The molecule has 0 spiro atoms. The summed E-state index contributed by atoms with van der Waals surface area (Å²) in [7, 11) is 1.72. The lowest BCUT2D eigenvalue weighted by atomic mass is 11.0. The van der Waals surface area contributed by atoms with Crippen molar-refractivity contribution in [2.24, 2.45) is 8.94 Å². The summed E-state index contributed by atoms with van der Waals surface area (Å²) in [5.74, 6) is 0.454. The van der Waals surface area contributed by atoms with Crippen LogP contribution >= 0.6 is 22.9 Å². The van der Waals surface area contributed by atoms with E-state index >= 15 is 0 Å². The topological polar surface area (TPSA) is 50.4 Å². The smallest absolute Gasteiger partial charge is 0.198 e. The molecule has 0 bridgehead atoms. The van der Waals surface area contributed by atoms with Crippen LogP contribution in [0.15, 0.2) is 3.21 Å².